The Kier molecular flexibility index (Phi) is 5.76. The van der Waals surface area contributed by atoms with Crippen LogP contribution in [-0.2, 0) is 14.8 Å². The molecule has 2 aromatic carbocycles. The van der Waals surface area contributed by atoms with Gasteiger partial charge in [-0.2, -0.15) is 0 Å². The Morgan fingerprint density at radius 1 is 0.962 bits per heavy atom. The van der Waals surface area contributed by atoms with Crippen LogP contribution in [0.1, 0.15) is 46.1 Å². The van der Waals surface area contributed by atoms with E-state index in [9.17, 15) is 13.2 Å². The van der Waals surface area contributed by atoms with Crippen LogP contribution < -0.4 is 10.0 Å². The molecule has 26 heavy (non-hydrogen) atoms. The lowest BCUT2D eigenvalue weighted by atomic mass is 9.95. The van der Waals surface area contributed by atoms with Gasteiger partial charge in [-0.05, 0) is 41.8 Å². The van der Waals surface area contributed by atoms with Gasteiger partial charge in [-0.25, -0.2) is 8.42 Å². The van der Waals surface area contributed by atoms with Gasteiger partial charge in [0, 0.05) is 11.1 Å². The number of anilines is 2. The third-order valence-electron chi connectivity index (χ3n) is 3.91. The molecule has 5 nitrogen and oxygen atoms in total. The van der Waals surface area contributed by atoms with Crippen LogP contribution in [0.4, 0.5) is 11.4 Å². The first-order valence-electron chi connectivity index (χ1n) is 8.53. The van der Waals surface area contributed by atoms with Crippen LogP contribution in [0, 0.1) is 5.41 Å². The smallest absolute Gasteiger partial charge is 0.261 e. The molecule has 0 aliphatic carbocycles. The zero-order chi connectivity index (χ0) is 19.5. The molecular weight excluding hydrogens is 348 g/mol. The first-order chi connectivity index (χ1) is 12.0. The van der Waals surface area contributed by atoms with E-state index >= 15 is 0 Å². The summed E-state index contributed by atoms with van der Waals surface area (Å²) in [5.74, 6) is 0.199. The molecule has 1 amide bonds. The number of hydrogen-bond acceptors (Lipinski definition) is 3. The second-order valence-electron chi connectivity index (χ2n) is 7.61. The van der Waals surface area contributed by atoms with Crippen molar-refractivity contribution in [2.24, 2.45) is 5.41 Å². The zero-order valence-electron chi connectivity index (χ0n) is 15.8. The predicted molar refractivity (Wildman–Crippen MR) is 106 cm³/mol. The summed E-state index contributed by atoms with van der Waals surface area (Å²) in [6.45, 7) is 9.55. The van der Waals surface area contributed by atoms with Crippen molar-refractivity contribution in [1.82, 2.24) is 0 Å². The fourth-order valence-corrected chi connectivity index (χ4v) is 3.27. The van der Waals surface area contributed by atoms with Crippen molar-refractivity contribution in [1.29, 1.82) is 0 Å². The van der Waals surface area contributed by atoms with Crippen molar-refractivity contribution in [3.63, 3.8) is 0 Å². The van der Waals surface area contributed by atoms with Crippen molar-refractivity contribution in [3.8, 4) is 0 Å². The largest absolute Gasteiger partial charge is 0.326 e. The molecule has 0 unspecified atom stereocenters. The second-order valence-corrected chi connectivity index (χ2v) is 9.30. The molecule has 0 saturated heterocycles. The molecule has 0 radical (unpaired) electrons. The first kappa shape index (κ1) is 20.0. The van der Waals surface area contributed by atoms with E-state index < -0.39 is 15.4 Å². The molecule has 0 atom stereocenters. The molecule has 0 fully saturated rings. The maximum absolute atomic E-state index is 12.6. The first-order valence-corrected chi connectivity index (χ1v) is 10.0. The van der Waals surface area contributed by atoms with Crippen molar-refractivity contribution in [2.45, 2.75) is 45.4 Å². The van der Waals surface area contributed by atoms with Crippen LogP contribution in [0.25, 0.3) is 0 Å². The Labute approximate surface area is 155 Å². The van der Waals surface area contributed by atoms with Crippen molar-refractivity contribution in [2.75, 3.05) is 10.0 Å². The third-order valence-corrected chi connectivity index (χ3v) is 5.31. The molecule has 0 heterocycles. The van der Waals surface area contributed by atoms with Gasteiger partial charge < -0.3 is 5.32 Å². The van der Waals surface area contributed by atoms with E-state index in [0.717, 1.165) is 5.56 Å². The molecule has 140 valence electrons. The number of sulfonamides is 1. The van der Waals surface area contributed by atoms with Gasteiger partial charge in [0.2, 0.25) is 5.91 Å². The van der Waals surface area contributed by atoms with Gasteiger partial charge in [0.25, 0.3) is 10.0 Å². The Balaban J connectivity index is 2.19. The summed E-state index contributed by atoms with van der Waals surface area (Å²) in [7, 11) is -3.69. The van der Waals surface area contributed by atoms with E-state index in [-0.39, 0.29) is 10.8 Å². The lowest BCUT2D eigenvalue weighted by Crippen LogP contribution is -2.27. The molecular formula is C20H26N2O3S. The van der Waals surface area contributed by atoms with E-state index in [1.807, 2.05) is 32.9 Å². The molecule has 2 rings (SSSR count). The summed E-state index contributed by atoms with van der Waals surface area (Å²) in [6.07, 6.45) is 0. The Bertz CT molecular complexity index is 880. The van der Waals surface area contributed by atoms with Gasteiger partial charge in [-0.15, -0.1) is 0 Å². The van der Waals surface area contributed by atoms with E-state index in [4.69, 9.17) is 0 Å². The van der Waals surface area contributed by atoms with Crippen LogP contribution in [0.15, 0.2) is 53.4 Å². The molecule has 0 aliphatic rings. The molecule has 0 spiro atoms. The highest BCUT2D eigenvalue weighted by Crippen LogP contribution is 2.23. The fourth-order valence-electron chi connectivity index (χ4n) is 2.22. The Morgan fingerprint density at radius 3 is 2.08 bits per heavy atom. The minimum atomic E-state index is -3.69. The van der Waals surface area contributed by atoms with Crippen LogP contribution in [0.5, 0.6) is 0 Å². The van der Waals surface area contributed by atoms with E-state index in [0.29, 0.717) is 17.3 Å². The highest BCUT2D eigenvalue weighted by atomic mass is 32.2. The summed E-state index contributed by atoms with van der Waals surface area (Å²) < 4.78 is 27.7. The third kappa shape index (κ3) is 5.08. The Hall–Kier alpha value is -2.34. The number of carbonyl (C=O) groups is 1. The normalized spacial score (nSPS) is 12.1. The highest BCUT2D eigenvalue weighted by Gasteiger charge is 2.21. The molecule has 2 aromatic rings. The summed E-state index contributed by atoms with van der Waals surface area (Å²) in [6, 6.07) is 13.5. The average Bonchev–Trinajstić information content (AvgIpc) is 2.54. The molecule has 6 heteroatoms. The molecule has 0 saturated carbocycles. The van der Waals surface area contributed by atoms with Gasteiger partial charge in [-0.1, -0.05) is 52.8 Å². The topological polar surface area (TPSA) is 75.3 Å². The lowest BCUT2D eigenvalue weighted by Gasteiger charge is -2.18. The van der Waals surface area contributed by atoms with Crippen molar-refractivity contribution in [3.05, 3.63) is 54.1 Å². The number of nitrogens with one attached hydrogen (secondary N) is 2. The van der Waals surface area contributed by atoms with Crippen molar-refractivity contribution >= 4 is 27.3 Å². The van der Waals surface area contributed by atoms with Crippen LogP contribution >= 0.6 is 0 Å². The quantitative estimate of drug-likeness (QED) is 0.803. The van der Waals surface area contributed by atoms with Gasteiger partial charge >= 0.3 is 0 Å². The van der Waals surface area contributed by atoms with Crippen LogP contribution in [-0.4, -0.2) is 14.3 Å². The number of carbonyl (C=O) groups excluding carboxylic acids is 1. The molecule has 2 N–H and O–H groups in total. The number of hydrogen-bond donors (Lipinski definition) is 2. The standard InChI is InChI=1S/C20H26N2O3S/c1-14(2)15-9-11-18(12-10-15)26(24,25)22-17-8-6-7-16(13-17)21-19(23)20(3,4)5/h6-14,22H,1-5H3,(H,21,23). The summed E-state index contributed by atoms with van der Waals surface area (Å²) in [4.78, 5) is 12.3. The number of amides is 1. The lowest BCUT2D eigenvalue weighted by molar-refractivity contribution is -0.123. The SMILES string of the molecule is CC(C)c1ccc(S(=O)(=O)Nc2cccc(NC(=O)C(C)(C)C)c2)cc1. The summed E-state index contributed by atoms with van der Waals surface area (Å²) in [5, 5.41) is 2.79. The maximum atomic E-state index is 12.6. The minimum Gasteiger partial charge on any atom is -0.326 e. The second kappa shape index (κ2) is 7.50. The minimum absolute atomic E-state index is 0.137. The van der Waals surface area contributed by atoms with Gasteiger partial charge in [0.1, 0.15) is 0 Å². The van der Waals surface area contributed by atoms with Crippen LogP contribution in [0.2, 0.25) is 0 Å². The molecule has 0 aromatic heterocycles. The number of rotatable bonds is 5. The van der Waals surface area contributed by atoms with Crippen molar-refractivity contribution < 1.29 is 13.2 Å². The predicted octanol–water partition coefficient (Wildman–Crippen LogP) is 4.60. The van der Waals surface area contributed by atoms with E-state index in [1.54, 1.807) is 36.4 Å². The monoisotopic (exact) mass is 374 g/mol. The molecule has 0 aliphatic heterocycles. The average molecular weight is 375 g/mol. The van der Waals surface area contributed by atoms with Crippen LogP contribution in [0.3, 0.4) is 0 Å². The van der Waals surface area contributed by atoms with Gasteiger partial charge in [-0.3, -0.25) is 9.52 Å². The number of benzene rings is 2. The van der Waals surface area contributed by atoms with Gasteiger partial charge in [0.15, 0.2) is 0 Å². The molecule has 0 bridgehead atoms. The highest BCUT2D eigenvalue weighted by molar-refractivity contribution is 7.92. The summed E-state index contributed by atoms with van der Waals surface area (Å²) >= 11 is 0. The summed E-state index contributed by atoms with van der Waals surface area (Å²) in [5.41, 5.74) is 1.48. The maximum Gasteiger partial charge on any atom is 0.261 e. The van der Waals surface area contributed by atoms with E-state index in [1.165, 1.54) is 0 Å². The fraction of sp³-hybridized carbons (Fsp3) is 0.350. The van der Waals surface area contributed by atoms with Gasteiger partial charge in [0.05, 0.1) is 10.6 Å². The Morgan fingerprint density at radius 2 is 1.54 bits per heavy atom. The zero-order valence-corrected chi connectivity index (χ0v) is 16.6. The van der Waals surface area contributed by atoms with E-state index in [2.05, 4.69) is 23.9 Å².